The van der Waals surface area contributed by atoms with E-state index < -0.39 is 6.04 Å². The predicted octanol–water partition coefficient (Wildman–Crippen LogP) is 3.02. The second kappa shape index (κ2) is 8.51. The minimum Gasteiger partial charge on any atom is -0.350 e. The number of carbonyl (C=O) groups is 2. The van der Waals surface area contributed by atoms with Gasteiger partial charge >= 0.3 is 0 Å². The van der Waals surface area contributed by atoms with Crippen molar-refractivity contribution >= 4 is 24.2 Å². The number of nitrogens with one attached hydrogen (secondary N) is 3. The summed E-state index contributed by atoms with van der Waals surface area (Å²) in [6, 6.07) is 0.0120. The first kappa shape index (κ1) is 21.9. The molecule has 28 heavy (non-hydrogen) atoms. The van der Waals surface area contributed by atoms with Crippen LogP contribution in [-0.4, -0.2) is 36.5 Å². The largest absolute Gasteiger partial charge is 0.350 e. The Morgan fingerprint density at radius 1 is 1.04 bits per heavy atom. The molecule has 5 aliphatic rings. The number of rotatable bonds is 5. The highest BCUT2D eigenvalue weighted by Crippen LogP contribution is 2.60. The van der Waals surface area contributed by atoms with Crippen molar-refractivity contribution in [3.8, 4) is 0 Å². The lowest BCUT2D eigenvalue weighted by Crippen LogP contribution is -2.60. The first-order valence-corrected chi connectivity index (χ1v) is 11.2. The Bertz CT molecular complexity index is 559. The van der Waals surface area contributed by atoms with Crippen LogP contribution >= 0.6 is 12.4 Å². The molecule has 4 saturated carbocycles. The van der Waals surface area contributed by atoms with Crippen LogP contribution in [0.2, 0.25) is 0 Å². The third-order valence-corrected chi connectivity index (χ3v) is 7.85. The molecule has 5 nitrogen and oxygen atoms in total. The summed E-state index contributed by atoms with van der Waals surface area (Å²) < 4.78 is 0. The van der Waals surface area contributed by atoms with E-state index in [1.165, 1.54) is 19.3 Å². The van der Waals surface area contributed by atoms with E-state index in [2.05, 4.69) is 22.9 Å². The Labute approximate surface area is 176 Å². The van der Waals surface area contributed by atoms with Crippen molar-refractivity contribution in [2.24, 2.45) is 29.1 Å². The summed E-state index contributed by atoms with van der Waals surface area (Å²) >= 11 is 0. The lowest BCUT2D eigenvalue weighted by Gasteiger charge is -2.55. The third-order valence-electron chi connectivity index (χ3n) is 7.85. The summed E-state index contributed by atoms with van der Waals surface area (Å²) in [6.45, 7) is 7.21. The summed E-state index contributed by atoms with van der Waals surface area (Å²) in [5.74, 6) is 2.45. The van der Waals surface area contributed by atoms with E-state index in [-0.39, 0.29) is 47.6 Å². The van der Waals surface area contributed by atoms with Crippen molar-refractivity contribution in [3.63, 3.8) is 0 Å². The number of halogens is 1. The van der Waals surface area contributed by atoms with Crippen LogP contribution < -0.4 is 16.0 Å². The first-order chi connectivity index (χ1) is 12.9. The van der Waals surface area contributed by atoms with E-state index >= 15 is 0 Å². The van der Waals surface area contributed by atoms with Gasteiger partial charge in [-0.1, -0.05) is 13.8 Å². The fourth-order valence-electron chi connectivity index (χ4n) is 6.73. The topological polar surface area (TPSA) is 70.2 Å². The van der Waals surface area contributed by atoms with Crippen LogP contribution in [0.25, 0.3) is 0 Å². The third kappa shape index (κ3) is 4.21. The molecule has 0 spiro atoms. The maximum atomic E-state index is 13.4. The number of hydrogen-bond donors (Lipinski definition) is 3. The molecule has 0 aromatic heterocycles. The van der Waals surface area contributed by atoms with Crippen molar-refractivity contribution in [3.05, 3.63) is 0 Å². The summed E-state index contributed by atoms with van der Waals surface area (Å²) in [4.78, 5) is 26.4. The average molecular weight is 412 g/mol. The van der Waals surface area contributed by atoms with E-state index in [4.69, 9.17) is 0 Å². The molecular weight excluding hydrogens is 374 g/mol. The van der Waals surface area contributed by atoms with Gasteiger partial charge in [0.1, 0.15) is 6.04 Å². The van der Waals surface area contributed by atoms with Gasteiger partial charge < -0.3 is 16.0 Å². The molecule has 5 fully saturated rings. The van der Waals surface area contributed by atoms with Crippen LogP contribution in [0.5, 0.6) is 0 Å². The van der Waals surface area contributed by atoms with E-state index in [0.717, 1.165) is 56.4 Å². The van der Waals surface area contributed by atoms with E-state index in [9.17, 15) is 9.59 Å². The highest BCUT2D eigenvalue weighted by atomic mass is 35.5. The van der Waals surface area contributed by atoms with Crippen LogP contribution in [-0.2, 0) is 9.59 Å². The molecule has 0 aromatic carbocycles. The van der Waals surface area contributed by atoms with Gasteiger partial charge in [0.2, 0.25) is 11.8 Å². The summed E-state index contributed by atoms with van der Waals surface area (Å²) in [5, 5.41) is 9.85. The molecule has 5 rings (SSSR count). The standard InChI is InChI=1S/C22H37N3O2.ClH/c1-13(2)19(20(26)24-18-5-4-6-23-14(18)3)25-21(27)22-10-15-7-16(11-22)9-17(8-15)12-22;/h13-19,23H,4-12H2,1-3H3,(H,24,26)(H,25,27);1H. The van der Waals surface area contributed by atoms with Crippen LogP contribution in [0.3, 0.4) is 0 Å². The van der Waals surface area contributed by atoms with Crippen LogP contribution in [0, 0.1) is 29.1 Å². The molecule has 3 unspecified atom stereocenters. The maximum absolute atomic E-state index is 13.4. The van der Waals surface area contributed by atoms with Crippen molar-refractivity contribution < 1.29 is 9.59 Å². The molecule has 0 radical (unpaired) electrons. The van der Waals surface area contributed by atoms with Gasteiger partial charge in [0.05, 0.1) is 0 Å². The second-order valence-electron chi connectivity index (χ2n) is 10.4. The fraction of sp³-hybridized carbons (Fsp3) is 0.909. The quantitative estimate of drug-likeness (QED) is 0.651. The van der Waals surface area contributed by atoms with Crippen molar-refractivity contribution in [2.75, 3.05) is 6.54 Å². The monoisotopic (exact) mass is 411 g/mol. The lowest BCUT2D eigenvalue weighted by atomic mass is 9.49. The van der Waals surface area contributed by atoms with Gasteiger partial charge in [-0.2, -0.15) is 0 Å². The normalized spacial score (nSPS) is 39.9. The minimum absolute atomic E-state index is 0. The van der Waals surface area contributed by atoms with E-state index in [1.807, 2.05) is 13.8 Å². The highest BCUT2D eigenvalue weighted by molar-refractivity contribution is 5.90. The highest BCUT2D eigenvalue weighted by Gasteiger charge is 2.55. The molecular formula is C22H38ClN3O2. The smallest absolute Gasteiger partial charge is 0.243 e. The number of carbonyl (C=O) groups excluding carboxylic acids is 2. The summed E-state index contributed by atoms with van der Waals surface area (Å²) in [7, 11) is 0. The SMILES string of the molecule is CC(C)C(NC(=O)C12CC3CC(CC(C3)C1)C2)C(=O)NC1CCCNC1C.Cl. The molecule has 0 aromatic rings. The Balaban J connectivity index is 0.00000225. The van der Waals surface area contributed by atoms with Gasteiger partial charge in [-0.25, -0.2) is 0 Å². The number of hydrogen-bond acceptors (Lipinski definition) is 3. The van der Waals surface area contributed by atoms with Crippen molar-refractivity contribution in [1.29, 1.82) is 0 Å². The summed E-state index contributed by atoms with van der Waals surface area (Å²) in [6.07, 6.45) is 9.20. The Kier molecular flexibility index (Phi) is 6.65. The molecule has 3 atom stereocenters. The van der Waals surface area contributed by atoms with Gasteiger partial charge in [0.15, 0.2) is 0 Å². The number of piperidine rings is 1. The van der Waals surface area contributed by atoms with Gasteiger partial charge in [0, 0.05) is 17.5 Å². The molecule has 4 aliphatic carbocycles. The van der Waals surface area contributed by atoms with Crippen LogP contribution in [0.15, 0.2) is 0 Å². The number of amides is 2. The van der Waals surface area contributed by atoms with Gasteiger partial charge in [-0.05, 0) is 88.5 Å². The molecule has 1 heterocycles. The average Bonchev–Trinajstić information content (AvgIpc) is 2.59. The van der Waals surface area contributed by atoms with Gasteiger partial charge in [0.25, 0.3) is 0 Å². The van der Waals surface area contributed by atoms with Crippen molar-refractivity contribution in [2.45, 2.75) is 90.3 Å². The Morgan fingerprint density at radius 3 is 2.11 bits per heavy atom. The summed E-state index contributed by atoms with van der Waals surface area (Å²) in [5.41, 5.74) is -0.193. The minimum atomic E-state index is -0.431. The lowest BCUT2D eigenvalue weighted by molar-refractivity contribution is -0.149. The first-order valence-electron chi connectivity index (χ1n) is 11.2. The zero-order valence-electron chi connectivity index (χ0n) is 17.6. The van der Waals surface area contributed by atoms with Crippen LogP contribution in [0.1, 0.15) is 72.1 Å². The zero-order chi connectivity index (χ0) is 19.2. The van der Waals surface area contributed by atoms with E-state index in [1.54, 1.807) is 0 Å². The molecule has 2 amide bonds. The zero-order valence-corrected chi connectivity index (χ0v) is 18.4. The molecule has 160 valence electrons. The molecule has 6 heteroatoms. The second-order valence-corrected chi connectivity index (χ2v) is 10.4. The molecule has 1 aliphatic heterocycles. The maximum Gasteiger partial charge on any atom is 0.243 e. The van der Waals surface area contributed by atoms with Crippen LogP contribution in [0.4, 0.5) is 0 Å². The fourth-order valence-corrected chi connectivity index (χ4v) is 6.73. The van der Waals surface area contributed by atoms with Gasteiger partial charge in [-0.3, -0.25) is 9.59 Å². The van der Waals surface area contributed by atoms with Gasteiger partial charge in [-0.15, -0.1) is 12.4 Å². The van der Waals surface area contributed by atoms with Crippen molar-refractivity contribution in [1.82, 2.24) is 16.0 Å². The Hall–Kier alpha value is -0.810. The predicted molar refractivity (Wildman–Crippen MR) is 113 cm³/mol. The van der Waals surface area contributed by atoms with E-state index in [0.29, 0.717) is 0 Å². The molecule has 3 N–H and O–H groups in total. The Morgan fingerprint density at radius 2 is 1.61 bits per heavy atom. The molecule has 1 saturated heterocycles. The molecule has 4 bridgehead atoms.